The van der Waals surface area contributed by atoms with Crippen LogP contribution in [0.4, 0.5) is 17.3 Å². The largest absolute Gasteiger partial charge is 0.490 e. The number of aryl methyl sites for hydroxylation is 1. The third kappa shape index (κ3) is 2.28. The van der Waals surface area contributed by atoms with Crippen LogP contribution < -0.4 is 15.8 Å². The number of benzene rings is 1. The van der Waals surface area contributed by atoms with Gasteiger partial charge in [0.05, 0.1) is 7.11 Å². The number of para-hydroxylation sites is 1. The summed E-state index contributed by atoms with van der Waals surface area (Å²) in [6, 6.07) is 7.91. The van der Waals surface area contributed by atoms with Crippen molar-refractivity contribution in [3.8, 4) is 5.75 Å². The summed E-state index contributed by atoms with van der Waals surface area (Å²) in [6.07, 6.45) is 1.40. The molecule has 0 unspecified atom stereocenters. The van der Waals surface area contributed by atoms with Gasteiger partial charge in [0.2, 0.25) is 5.75 Å². The van der Waals surface area contributed by atoms with Crippen molar-refractivity contribution in [2.75, 3.05) is 18.2 Å². The van der Waals surface area contributed by atoms with Crippen LogP contribution in [-0.2, 0) is 0 Å². The second-order valence-corrected chi connectivity index (χ2v) is 3.58. The number of nitrogens with one attached hydrogen (secondary N) is 1. The molecule has 2 rings (SSSR count). The Balaban J connectivity index is 2.37. The van der Waals surface area contributed by atoms with Crippen molar-refractivity contribution in [3.63, 3.8) is 0 Å². The predicted molar refractivity (Wildman–Crippen MR) is 67.5 cm³/mol. The van der Waals surface area contributed by atoms with Crippen molar-refractivity contribution in [2.45, 2.75) is 6.92 Å². The van der Waals surface area contributed by atoms with E-state index in [2.05, 4.69) is 15.3 Å². The number of methoxy groups -OCH3 is 1. The van der Waals surface area contributed by atoms with Gasteiger partial charge in [0.1, 0.15) is 6.33 Å². The molecule has 88 valence electrons. The lowest BCUT2D eigenvalue weighted by Crippen LogP contribution is -2.03. The molecule has 1 aromatic carbocycles. The van der Waals surface area contributed by atoms with E-state index in [0.717, 1.165) is 11.3 Å². The highest BCUT2D eigenvalue weighted by Crippen LogP contribution is 2.29. The van der Waals surface area contributed by atoms with Gasteiger partial charge >= 0.3 is 0 Å². The number of nitrogen functional groups attached to an aromatic ring is 1. The van der Waals surface area contributed by atoms with Gasteiger partial charge in [0.25, 0.3) is 0 Å². The van der Waals surface area contributed by atoms with Gasteiger partial charge in [-0.2, -0.15) is 0 Å². The molecule has 0 aliphatic heterocycles. The molecule has 1 aromatic heterocycles. The van der Waals surface area contributed by atoms with E-state index in [0.29, 0.717) is 17.4 Å². The van der Waals surface area contributed by atoms with E-state index < -0.39 is 0 Å². The molecule has 1 heterocycles. The lowest BCUT2D eigenvalue weighted by molar-refractivity contribution is 0.415. The molecule has 0 bridgehead atoms. The molecule has 5 nitrogen and oxygen atoms in total. The zero-order valence-electron chi connectivity index (χ0n) is 9.77. The maximum Gasteiger partial charge on any atom is 0.204 e. The Kier molecular flexibility index (Phi) is 3.09. The first-order valence-electron chi connectivity index (χ1n) is 5.19. The Morgan fingerprint density at radius 2 is 2.00 bits per heavy atom. The summed E-state index contributed by atoms with van der Waals surface area (Å²) in [4.78, 5) is 8.00. The number of ether oxygens (including phenoxy) is 1. The number of nitrogens with two attached hydrogens (primary N) is 1. The van der Waals surface area contributed by atoms with E-state index in [1.165, 1.54) is 13.4 Å². The second kappa shape index (κ2) is 4.69. The molecule has 5 heteroatoms. The molecule has 3 N–H and O–H groups in total. The van der Waals surface area contributed by atoms with Crippen LogP contribution in [-0.4, -0.2) is 17.1 Å². The quantitative estimate of drug-likeness (QED) is 0.844. The highest BCUT2D eigenvalue weighted by Gasteiger charge is 2.10. The molecule has 0 aliphatic carbocycles. The average molecular weight is 230 g/mol. The first kappa shape index (κ1) is 11.2. The van der Waals surface area contributed by atoms with E-state index in [1.54, 1.807) is 0 Å². The van der Waals surface area contributed by atoms with Crippen LogP contribution in [0.2, 0.25) is 0 Å². The zero-order valence-corrected chi connectivity index (χ0v) is 9.77. The summed E-state index contributed by atoms with van der Waals surface area (Å²) in [7, 11) is 1.54. The first-order chi connectivity index (χ1) is 8.22. The van der Waals surface area contributed by atoms with Crippen LogP contribution in [0.15, 0.2) is 30.6 Å². The van der Waals surface area contributed by atoms with E-state index in [4.69, 9.17) is 10.5 Å². The zero-order chi connectivity index (χ0) is 12.3. The molecule has 0 fully saturated rings. The number of hydrogen-bond acceptors (Lipinski definition) is 5. The van der Waals surface area contributed by atoms with Crippen LogP contribution in [0.1, 0.15) is 5.56 Å². The molecule has 0 radical (unpaired) electrons. The second-order valence-electron chi connectivity index (χ2n) is 3.58. The summed E-state index contributed by atoms with van der Waals surface area (Å²) in [5.74, 6) is 1.34. The van der Waals surface area contributed by atoms with Crippen molar-refractivity contribution in [3.05, 3.63) is 36.2 Å². The Morgan fingerprint density at radius 3 is 2.71 bits per heavy atom. The molecule has 0 saturated carbocycles. The van der Waals surface area contributed by atoms with Crippen molar-refractivity contribution in [1.82, 2.24) is 9.97 Å². The van der Waals surface area contributed by atoms with Gasteiger partial charge in [0.15, 0.2) is 11.6 Å². The Morgan fingerprint density at radius 1 is 1.24 bits per heavy atom. The Hall–Kier alpha value is -2.30. The topological polar surface area (TPSA) is 73.1 Å². The van der Waals surface area contributed by atoms with Gasteiger partial charge in [0, 0.05) is 5.69 Å². The number of anilines is 3. The minimum absolute atomic E-state index is 0.318. The fourth-order valence-corrected chi connectivity index (χ4v) is 1.52. The summed E-state index contributed by atoms with van der Waals surface area (Å²) in [5, 5.41) is 3.18. The summed E-state index contributed by atoms with van der Waals surface area (Å²) in [6.45, 7) is 2.01. The summed E-state index contributed by atoms with van der Waals surface area (Å²) in [5.41, 5.74) is 7.79. The number of aromatic nitrogens is 2. The van der Waals surface area contributed by atoms with Gasteiger partial charge < -0.3 is 15.8 Å². The highest BCUT2D eigenvalue weighted by molar-refractivity contribution is 5.69. The lowest BCUT2D eigenvalue weighted by Gasteiger charge is -2.12. The van der Waals surface area contributed by atoms with E-state index in [-0.39, 0.29) is 0 Å². The van der Waals surface area contributed by atoms with Crippen LogP contribution >= 0.6 is 0 Å². The Bertz CT molecular complexity index is 528. The fourth-order valence-electron chi connectivity index (χ4n) is 1.52. The molecule has 2 aromatic rings. The third-order valence-corrected chi connectivity index (χ3v) is 2.43. The van der Waals surface area contributed by atoms with Crippen LogP contribution in [0.25, 0.3) is 0 Å². The van der Waals surface area contributed by atoms with Crippen LogP contribution in [0, 0.1) is 6.92 Å². The van der Waals surface area contributed by atoms with Gasteiger partial charge in [-0.25, -0.2) is 9.97 Å². The normalized spacial score (nSPS) is 10.0. The van der Waals surface area contributed by atoms with E-state index >= 15 is 0 Å². The van der Waals surface area contributed by atoms with E-state index in [1.807, 2.05) is 31.2 Å². The average Bonchev–Trinajstić information content (AvgIpc) is 2.32. The Labute approximate surface area is 99.7 Å². The number of hydrogen-bond donors (Lipinski definition) is 2. The maximum atomic E-state index is 5.71. The predicted octanol–water partition coefficient (Wildman–Crippen LogP) is 2.12. The minimum atomic E-state index is 0.318. The molecule has 0 saturated heterocycles. The molecular formula is C12H14N4O. The van der Waals surface area contributed by atoms with Gasteiger partial charge in [-0.05, 0) is 18.6 Å². The first-order valence-corrected chi connectivity index (χ1v) is 5.19. The molecule has 0 atom stereocenters. The van der Waals surface area contributed by atoms with Crippen molar-refractivity contribution in [2.24, 2.45) is 0 Å². The lowest BCUT2D eigenvalue weighted by atomic mass is 10.2. The smallest absolute Gasteiger partial charge is 0.204 e. The van der Waals surface area contributed by atoms with Crippen LogP contribution in [0.3, 0.4) is 0 Å². The number of rotatable bonds is 3. The molecule has 0 spiro atoms. The van der Waals surface area contributed by atoms with Gasteiger partial charge in [-0.15, -0.1) is 0 Å². The number of nitrogens with zero attached hydrogens (tertiary/aromatic N) is 2. The molecular weight excluding hydrogens is 216 g/mol. The van der Waals surface area contributed by atoms with Gasteiger partial charge in [-0.3, -0.25) is 0 Å². The van der Waals surface area contributed by atoms with Gasteiger partial charge in [-0.1, -0.05) is 18.2 Å². The highest BCUT2D eigenvalue weighted by atomic mass is 16.5. The van der Waals surface area contributed by atoms with Crippen LogP contribution in [0.5, 0.6) is 5.75 Å². The van der Waals surface area contributed by atoms with Crippen molar-refractivity contribution >= 4 is 17.3 Å². The molecule has 0 aliphatic rings. The molecule has 0 amide bonds. The fraction of sp³-hybridized carbons (Fsp3) is 0.167. The van der Waals surface area contributed by atoms with Crippen molar-refractivity contribution in [1.29, 1.82) is 0 Å². The SMILES string of the molecule is COc1c(N)ncnc1Nc1ccccc1C. The standard InChI is InChI=1S/C12H14N4O/c1-8-5-3-4-6-9(8)16-12-10(17-2)11(13)14-7-15-12/h3-7H,1-2H3,(H3,13,14,15,16). The maximum absolute atomic E-state index is 5.71. The van der Waals surface area contributed by atoms with E-state index in [9.17, 15) is 0 Å². The summed E-state index contributed by atoms with van der Waals surface area (Å²) >= 11 is 0. The van der Waals surface area contributed by atoms with Crippen molar-refractivity contribution < 1.29 is 4.74 Å². The monoisotopic (exact) mass is 230 g/mol. The minimum Gasteiger partial charge on any atom is -0.490 e. The molecule has 17 heavy (non-hydrogen) atoms. The summed E-state index contributed by atoms with van der Waals surface area (Å²) < 4.78 is 5.18. The third-order valence-electron chi connectivity index (χ3n) is 2.43.